The maximum atomic E-state index is 13.4. The van der Waals surface area contributed by atoms with E-state index < -0.39 is 11.7 Å². The summed E-state index contributed by atoms with van der Waals surface area (Å²) in [7, 11) is 0. The van der Waals surface area contributed by atoms with Crippen LogP contribution in [-0.4, -0.2) is 50.2 Å². The van der Waals surface area contributed by atoms with Crippen LogP contribution in [-0.2, 0) is 19.1 Å². The Bertz CT molecular complexity index is 912. The molecular formula is C20H22ClF3N4OS. The van der Waals surface area contributed by atoms with E-state index in [1.165, 1.54) is 18.0 Å². The van der Waals surface area contributed by atoms with Gasteiger partial charge in [0.1, 0.15) is 0 Å². The summed E-state index contributed by atoms with van der Waals surface area (Å²) in [5.74, 6) is -0.372. The number of benzene rings is 1. The third kappa shape index (κ3) is 4.33. The van der Waals surface area contributed by atoms with Gasteiger partial charge in [-0.2, -0.15) is 18.3 Å². The zero-order chi connectivity index (χ0) is 21.3. The summed E-state index contributed by atoms with van der Waals surface area (Å²) in [5.41, 5.74) is 2.03. The first-order chi connectivity index (χ1) is 14.4. The first kappa shape index (κ1) is 21.5. The number of carbonyl (C=O) groups excluding carboxylic acids is 1. The molecule has 1 N–H and O–H groups in total. The summed E-state index contributed by atoms with van der Waals surface area (Å²) in [6, 6.07) is 5.74. The normalized spacial score (nSPS) is 18.5. The summed E-state index contributed by atoms with van der Waals surface area (Å²) in [6.07, 6.45) is -2.60. The van der Waals surface area contributed by atoms with E-state index in [2.05, 4.69) is 14.5 Å². The van der Waals surface area contributed by atoms with Gasteiger partial charge in [-0.25, -0.2) is 4.31 Å². The van der Waals surface area contributed by atoms with Gasteiger partial charge in [-0.3, -0.25) is 9.89 Å². The van der Waals surface area contributed by atoms with Crippen LogP contribution < -0.4 is 0 Å². The van der Waals surface area contributed by atoms with Crippen LogP contribution in [0.2, 0.25) is 0 Å². The average molecular weight is 459 g/mol. The van der Waals surface area contributed by atoms with Gasteiger partial charge in [-0.15, -0.1) is 11.6 Å². The molecule has 30 heavy (non-hydrogen) atoms. The summed E-state index contributed by atoms with van der Waals surface area (Å²) in [4.78, 5) is 14.8. The fourth-order valence-electron chi connectivity index (χ4n) is 4.28. The first-order valence-electron chi connectivity index (χ1n) is 9.83. The Balaban J connectivity index is 1.45. The molecule has 1 aromatic heterocycles. The third-order valence-electron chi connectivity index (χ3n) is 5.82. The molecular weight excluding hydrogens is 437 g/mol. The van der Waals surface area contributed by atoms with E-state index in [4.69, 9.17) is 11.6 Å². The maximum absolute atomic E-state index is 13.4. The zero-order valence-corrected chi connectivity index (χ0v) is 17.8. The summed E-state index contributed by atoms with van der Waals surface area (Å²) >= 11 is 7.33. The topological polar surface area (TPSA) is 52.2 Å². The molecule has 2 aliphatic rings. The van der Waals surface area contributed by atoms with Crippen LogP contribution in [0.4, 0.5) is 13.2 Å². The number of H-pyrrole nitrogens is 1. The molecule has 3 heterocycles. The number of nitrogens with one attached hydrogen (secondary N) is 1. The summed E-state index contributed by atoms with van der Waals surface area (Å²) in [5, 5.41) is 7.68. The number of likely N-dealkylation sites (tertiary alicyclic amines) is 1. The molecule has 0 radical (unpaired) electrons. The van der Waals surface area contributed by atoms with Crippen molar-refractivity contribution in [3.63, 3.8) is 0 Å². The Morgan fingerprint density at radius 1 is 1.23 bits per heavy atom. The molecule has 0 saturated carbocycles. The molecule has 1 fully saturated rings. The molecule has 2 aliphatic heterocycles. The maximum Gasteiger partial charge on any atom is 0.416 e. The Morgan fingerprint density at radius 2 is 1.97 bits per heavy atom. The minimum atomic E-state index is -4.37. The van der Waals surface area contributed by atoms with Crippen LogP contribution in [0.5, 0.6) is 0 Å². The largest absolute Gasteiger partial charge is 0.416 e. The van der Waals surface area contributed by atoms with E-state index >= 15 is 0 Å². The lowest BCUT2D eigenvalue weighted by Gasteiger charge is -2.33. The van der Waals surface area contributed by atoms with Crippen molar-refractivity contribution in [2.75, 3.05) is 24.8 Å². The predicted octanol–water partition coefficient (Wildman–Crippen LogP) is 4.65. The van der Waals surface area contributed by atoms with Crippen LogP contribution in [0.25, 0.3) is 0 Å². The highest BCUT2D eigenvalue weighted by molar-refractivity contribution is 7.98. The lowest BCUT2D eigenvalue weighted by Crippen LogP contribution is -2.39. The molecule has 0 spiro atoms. The number of fused-ring (bicyclic) bond motifs is 1. The van der Waals surface area contributed by atoms with Crippen molar-refractivity contribution in [3.05, 3.63) is 52.3 Å². The second kappa shape index (κ2) is 8.80. The molecule has 162 valence electrons. The number of hydrogen-bond acceptors (Lipinski definition) is 4. The number of carbonyl (C=O) groups is 1. The monoisotopic (exact) mass is 458 g/mol. The van der Waals surface area contributed by atoms with Crippen molar-refractivity contribution < 1.29 is 18.0 Å². The molecule has 4 rings (SSSR count). The molecule has 1 saturated heterocycles. The van der Waals surface area contributed by atoms with E-state index in [1.807, 2.05) is 0 Å². The van der Waals surface area contributed by atoms with Crippen molar-refractivity contribution in [2.45, 2.75) is 37.9 Å². The molecule has 1 amide bonds. The van der Waals surface area contributed by atoms with Gasteiger partial charge in [0.15, 0.2) is 5.69 Å². The van der Waals surface area contributed by atoms with Crippen molar-refractivity contribution in [1.29, 1.82) is 0 Å². The molecule has 2 aromatic rings. The lowest BCUT2D eigenvalue weighted by atomic mass is 9.86. The third-order valence-corrected chi connectivity index (χ3v) is 6.89. The Morgan fingerprint density at radius 3 is 2.67 bits per heavy atom. The smallest absolute Gasteiger partial charge is 0.337 e. The molecule has 0 unspecified atom stereocenters. The van der Waals surface area contributed by atoms with Gasteiger partial charge >= 0.3 is 6.18 Å². The number of aromatic nitrogens is 2. The number of amides is 1. The highest BCUT2D eigenvalue weighted by atomic mass is 35.5. The van der Waals surface area contributed by atoms with Gasteiger partial charge < -0.3 is 4.90 Å². The molecule has 1 aromatic carbocycles. The molecule has 0 atom stereocenters. The quantitative estimate of drug-likeness (QED) is 0.535. The molecule has 5 nitrogen and oxygen atoms in total. The van der Waals surface area contributed by atoms with Gasteiger partial charge in [0.2, 0.25) is 0 Å². The van der Waals surface area contributed by atoms with Crippen LogP contribution in [0.15, 0.2) is 24.3 Å². The van der Waals surface area contributed by atoms with Gasteiger partial charge in [-0.1, -0.05) is 30.1 Å². The molecule has 0 aliphatic carbocycles. The second-order valence-corrected chi connectivity index (χ2v) is 9.18. The van der Waals surface area contributed by atoms with Gasteiger partial charge in [-0.05, 0) is 30.4 Å². The second-order valence-electron chi connectivity index (χ2n) is 7.53. The Labute approximate surface area is 182 Å². The highest BCUT2D eigenvalue weighted by Gasteiger charge is 2.36. The number of rotatable bonds is 4. The lowest BCUT2D eigenvalue weighted by molar-refractivity contribution is -0.138. The van der Waals surface area contributed by atoms with E-state index in [0.717, 1.165) is 30.3 Å². The van der Waals surface area contributed by atoms with Gasteiger partial charge in [0.05, 0.1) is 10.8 Å². The fraction of sp³-hybridized carbons (Fsp3) is 0.500. The van der Waals surface area contributed by atoms with Crippen LogP contribution in [0, 0.1) is 0 Å². The minimum Gasteiger partial charge on any atom is -0.337 e. The predicted molar refractivity (Wildman–Crippen MR) is 110 cm³/mol. The van der Waals surface area contributed by atoms with Gasteiger partial charge in [0.25, 0.3) is 5.91 Å². The number of aromatic amines is 1. The molecule has 0 bridgehead atoms. The average Bonchev–Trinajstić information content (AvgIpc) is 3.16. The Hall–Kier alpha value is -1.71. The van der Waals surface area contributed by atoms with Crippen molar-refractivity contribution in [3.8, 4) is 0 Å². The van der Waals surface area contributed by atoms with E-state index in [-0.39, 0.29) is 11.8 Å². The SMILES string of the molecule is O=C(c1n[nH]c2c1CN(SCCl)CC2)N1CCC(c2ccccc2C(F)(F)F)CC1. The van der Waals surface area contributed by atoms with Crippen molar-refractivity contribution in [2.24, 2.45) is 0 Å². The summed E-state index contributed by atoms with van der Waals surface area (Å²) in [6.45, 7) is 2.26. The minimum absolute atomic E-state index is 0.159. The first-order valence-corrected chi connectivity index (χ1v) is 11.3. The number of nitrogens with zero attached hydrogens (tertiary/aromatic N) is 3. The number of halogens is 4. The number of hydrogen-bond donors (Lipinski definition) is 1. The van der Waals surface area contributed by atoms with Gasteiger partial charge in [0, 0.05) is 43.9 Å². The fourth-order valence-corrected chi connectivity index (χ4v) is 5.27. The number of piperidine rings is 1. The van der Waals surface area contributed by atoms with Crippen LogP contribution in [0.1, 0.15) is 51.6 Å². The van der Waals surface area contributed by atoms with E-state index in [0.29, 0.717) is 48.9 Å². The van der Waals surface area contributed by atoms with Crippen molar-refractivity contribution in [1.82, 2.24) is 19.4 Å². The standard InChI is InChI=1S/C20H22ClF3N4OS/c21-12-30-28-10-7-17-15(11-28)18(26-25-17)19(29)27-8-5-13(6-9-27)14-3-1-2-4-16(14)20(22,23)24/h1-4,13H,5-12H2,(H,25,26). The van der Waals surface area contributed by atoms with Crippen LogP contribution >= 0.6 is 23.5 Å². The Kier molecular flexibility index (Phi) is 6.31. The van der Waals surface area contributed by atoms with E-state index in [1.54, 1.807) is 17.0 Å². The van der Waals surface area contributed by atoms with Crippen molar-refractivity contribution >= 4 is 29.5 Å². The van der Waals surface area contributed by atoms with E-state index in [9.17, 15) is 18.0 Å². The molecule has 10 heteroatoms. The highest BCUT2D eigenvalue weighted by Crippen LogP contribution is 2.39. The summed E-state index contributed by atoms with van der Waals surface area (Å²) < 4.78 is 42.2. The number of alkyl halides is 4. The zero-order valence-electron chi connectivity index (χ0n) is 16.2. The van der Waals surface area contributed by atoms with Crippen LogP contribution in [0.3, 0.4) is 0 Å².